The number of hydrogen-bond acceptors (Lipinski definition) is 3. The van der Waals surface area contributed by atoms with Crippen molar-refractivity contribution in [3.8, 4) is 0 Å². The van der Waals surface area contributed by atoms with Gasteiger partial charge in [-0.3, -0.25) is 4.79 Å². The summed E-state index contributed by atoms with van der Waals surface area (Å²) in [5, 5.41) is 5.97. The van der Waals surface area contributed by atoms with Gasteiger partial charge in [0.15, 0.2) is 0 Å². The first-order chi connectivity index (χ1) is 9.24. The van der Waals surface area contributed by atoms with Gasteiger partial charge in [0.05, 0.1) is 19.1 Å². The standard InChI is InChI=1S/C14H19FN2O2/c15-11-1-3-12(4-2-11)17-14(18)7-10-19-13-5-8-16-9-6-13/h1-4,13,16H,5-10H2,(H,17,18). The third kappa shape index (κ3) is 4.96. The highest BCUT2D eigenvalue weighted by Gasteiger charge is 2.13. The third-order valence-corrected chi connectivity index (χ3v) is 3.10. The van der Waals surface area contributed by atoms with Crippen molar-refractivity contribution in [3.05, 3.63) is 30.1 Å². The number of amides is 1. The van der Waals surface area contributed by atoms with Crippen molar-refractivity contribution >= 4 is 11.6 Å². The van der Waals surface area contributed by atoms with Crippen molar-refractivity contribution in [1.29, 1.82) is 0 Å². The number of rotatable bonds is 5. The van der Waals surface area contributed by atoms with Gasteiger partial charge in [0, 0.05) is 5.69 Å². The van der Waals surface area contributed by atoms with Crippen LogP contribution in [0.25, 0.3) is 0 Å². The monoisotopic (exact) mass is 266 g/mol. The fourth-order valence-corrected chi connectivity index (χ4v) is 2.04. The van der Waals surface area contributed by atoms with Crippen LogP contribution in [0.15, 0.2) is 24.3 Å². The molecule has 1 heterocycles. The molecule has 0 bridgehead atoms. The number of carbonyl (C=O) groups excluding carboxylic acids is 1. The number of anilines is 1. The van der Waals surface area contributed by atoms with Crippen LogP contribution in [0.5, 0.6) is 0 Å². The zero-order valence-corrected chi connectivity index (χ0v) is 10.8. The Bertz CT molecular complexity index is 402. The van der Waals surface area contributed by atoms with Gasteiger partial charge in [-0.05, 0) is 50.2 Å². The first-order valence-electron chi connectivity index (χ1n) is 6.62. The molecule has 4 nitrogen and oxygen atoms in total. The average Bonchev–Trinajstić information content (AvgIpc) is 2.43. The number of piperidine rings is 1. The minimum atomic E-state index is -0.313. The summed E-state index contributed by atoms with van der Waals surface area (Å²) in [6.07, 6.45) is 2.58. The van der Waals surface area contributed by atoms with Crippen LogP contribution in [-0.2, 0) is 9.53 Å². The SMILES string of the molecule is O=C(CCOC1CCNCC1)Nc1ccc(F)cc1. The highest BCUT2D eigenvalue weighted by atomic mass is 19.1. The van der Waals surface area contributed by atoms with Gasteiger partial charge < -0.3 is 15.4 Å². The molecule has 0 aromatic heterocycles. The van der Waals surface area contributed by atoms with E-state index in [0.29, 0.717) is 18.7 Å². The second-order valence-corrected chi connectivity index (χ2v) is 4.63. The molecule has 0 aliphatic carbocycles. The quantitative estimate of drug-likeness (QED) is 0.856. The maximum absolute atomic E-state index is 12.7. The molecular formula is C14H19FN2O2. The van der Waals surface area contributed by atoms with Crippen molar-refractivity contribution in [2.75, 3.05) is 25.0 Å². The molecule has 2 N–H and O–H groups in total. The molecule has 0 atom stereocenters. The van der Waals surface area contributed by atoms with Gasteiger partial charge >= 0.3 is 0 Å². The second kappa shape index (κ2) is 7.21. The van der Waals surface area contributed by atoms with E-state index in [1.807, 2.05) is 0 Å². The second-order valence-electron chi connectivity index (χ2n) is 4.63. The molecule has 0 saturated carbocycles. The van der Waals surface area contributed by atoms with E-state index >= 15 is 0 Å². The molecular weight excluding hydrogens is 247 g/mol. The molecule has 1 aliphatic heterocycles. The maximum atomic E-state index is 12.7. The lowest BCUT2D eigenvalue weighted by Crippen LogP contribution is -2.33. The van der Waals surface area contributed by atoms with Gasteiger partial charge in [-0.1, -0.05) is 0 Å². The summed E-state index contributed by atoms with van der Waals surface area (Å²) in [4.78, 5) is 11.6. The summed E-state index contributed by atoms with van der Waals surface area (Å²) in [6.45, 7) is 2.39. The zero-order valence-electron chi connectivity index (χ0n) is 10.8. The maximum Gasteiger partial charge on any atom is 0.226 e. The molecule has 1 aliphatic rings. The van der Waals surface area contributed by atoms with Crippen LogP contribution in [0.3, 0.4) is 0 Å². The van der Waals surface area contributed by atoms with Crippen molar-refractivity contribution in [3.63, 3.8) is 0 Å². The number of nitrogens with one attached hydrogen (secondary N) is 2. The molecule has 1 fully saturated rings. The number of carbonyl (C=O) groups is 1. The predicted octanol–water partition coefficient (Wildman–Crippen LogP) is 1.92. The Kier molecular flexibility index (Phi) is 5.30. The summed E-state index contributed by atoms with van der Waals surface area (Å²) in [6, 6.07) is 5.73. The fraction of sp³-hybridized carbons (Fsp3) is 0.500. The molecule has 104 valence electrons. The van der Waals surface area contributed by atoms with Gasteiger partial charge in [-0.25, -0.2) is 4.39 Å². The van der Waals surface area contributed by atoms with E-state index in [-0.39, 0.29) is 17.8 Å². The molecule has 0 radical (unpaired) electrons. The Hall–Kier alpha value is -1.46. The molecule has 2 rings (SSSR count). The van der Waals surface area contributed by atoms with Gasteiger partial charge in [0.25, 0.3) is 0 Å². The average molecular weight is 266 g/mol. The molecule has 0 spiro atoms. The van der Waals surface area contributed by atoms with Crippen molar-refractivity contribution in [2.45, 2.75) is 25.4 Å². The van der Waals surface area contributed by atoms with Crippen LogP contribution in [-0.4, -0.2) is 31.7 Å². The number of ether oxygens (including phenoxy) is 1. The van der Waals surface area contributed by atoms with E-state index in [1.165, 1.54) is 12.1 Å². The van der Waals surface area contributed by atoms with Crippen LogP contribution in [0.1, 0.15) is 19.3 Å². The molecule has 0 unspecified atom stereocenters. The van der Waals surface area contributed by atoms with E-state index in [0.717, 1.165) is 25.9 Å². The Balaban J connectivity index is 1.65. The first kappa shape index (κ1) is 14.0. The third-order valence-electron chi connectivity index (χ3n) is 3.10. The van der Waals surface area contributed by atoms with Gasteiger partial charge in [0.1, 0.15) is 5.82 Å². The number of halogens is 1. The summed E-state index contributed by atoms with van der Waals surface area (Å²) in [7, 11) is 0. The normalized spacial score (nSPS) is 16.3. The largest absolute Gasteiger partial charge is 0.378 e. The summed E-state index contributed by atoms with van der Waals surface area (Å²) in [5.74, 6) is -0.423. The summed E-state index contributed by atoms with van der Waals surface area (Å²) in [5.41, 5.74) is 0.605. The molecule has 1 saturated heterocycles. The highest BCUT2D eigenvalue weighted by molar-refractivity contribution is 5.90. The summed E-state index contributed by atoms with van der Waals surface area (Å²) >= 11 is 0. The molecule has 19 heavy (non-hydrogen) atoms. The number of hydrogen-bond donors (Lipinski definition) is 2. The van der Waals surface area contributed by atoms with Crippen molar-refractivity contribution in [1.82, 2.24) is 5.32 Å². The Morgan fingerprint density at radius 2 is 2.00 bits per heavy atom. The molecule has 5 heteroatoms. The van der Waals surface area contributed by atoms with E-state index in [9.17, 15) is 9.18 Å². The van der Waals surface area contributed by atoms with Crippen LogP contribution in [0, 0.1) is 5.82 Å². The van der Waals surface area contributed by atoms with Crippen molar-refractivity contribution < 1.29 is 13.9 Å². The Morgan fingerprint density at radius 3 is 2.68 bits per heavy atom. The lowest BCUT2D eigenvalue weighted by atomic mass is 10.1. The molecule has 1 aromatic carbocycles. The Labute approximate surface area is 112 Å². The minimum absolute atomic E-state index is 0.111. The topological polar surface area (TPSA) is 50.4 Å². The molecule has 1 aromatic rings. The zero-order chi connectivity index (χ0) is 13.5. The predicted molar refractivity (Wildman–Crippen MR) is 71.5 cm³/mol. The smallest absolute Gasteiger partial charge is 0.226 e. The van der Waals surface area contributed by atoms with Crippen LogP contribution < -0.4 is 10.6 Å². The van der Waals surface area contributed by atoms with Gasteiger partial charge in [-0.15, -0.1) is 0 Å². The minimum Gasteiger partial charge on any atom is -0.378 e. The van der Waals surface area contributed by atoms with E-state index in [1.54, 1.807) is 12.1 Å². The van der Waals surface area contributed by atoms with Gasteiger partial charge in [0.2, 0.25) is 5.91 Å². The fourth-order valence-electron chi connectivity index (χ4n) is 2.04. The highest BCUT2D eigenvalue weighted by Crippen LogP contribution is 2.10. The molecule has 1 amide bonds. The summed E-state index contributed by atoms with van der Waals surface area (Å²) < 4.78 is 18.3. The first-order valence-corrected chi connectivity index (χ1v) is 6.62. The Morgan fingerprint density at radius 1 is 1.32 bits per heavy atom. The van der Waals surface area contributed by atoms with E-state index < -0.39 is 0 Å². The van der Waals surface area contributed by atoms with Crippen LogP contribution >= 0.6 is 0 Å². The van der Waals surface area contributed by atoms with Crippen LogP contribution in [0.4, 0.5) is 10.1 Å². The van der Waals surface area contributed by atoms with E-state index in [2.05, 4.69) is 10.6 Å². The number of benzene rings is 1. The van der Waals surface area contributed by atoms with E-state index in [4.69, 9.17) is 4.74 Å². The van der Waals surface area contributed by atoms with Crippen LogP contribution in [0.2, 0.25) is 0 Å². The lowest BCUT2D eigenvalue weighted by Gasteiger charge is -2.22. The van der Waals surface area contributed by atoms with Crippen molar-refractivity contribution in [2.24, 2.45) is 0 Å². The van der Waals surface area contributed by atoms with Gasteiger partial charge in [-0.2, -0.15) is 0 Å². The lowest BCUT2D eigenvalue weighted by molar-refractivity contribution is -0.117.